The zero-order valence-corrected chi connectivity index (χ0v) is 11.4. The Hall–Kier alpha value is -1.64. The van der Waals surface area contributed by atoms with Gasteiger partial charge < -0.3 is 5.32 Å². The van der Waals surface area contributed by atoms with Crippen LogP contribution in [-0.4, -0.2) is 18.2 Å². The van der Waals surface area contributed by atoms with Crippen molar-refractivity contribution in [1.82, 2.24) is 5.32 Å². The Kier molecular flexibility index (Phi) is 4.72. The van der Waals surface area contributed by atoms with Crippen LogP contribution in [0.25, 0.3) is 0 Å². The van der Waals surface area contributed by atoms with Crippen LogP contribution < -0.4 is 5.32 Å². The minimum absolute atomic E-state index is 0.0101. The van der Waals surface area contributed by atoms with Gasteiger partial charge in [0, 0.05) is 6.54 Å². The van der Waals surface area contributed by atoms with Crippen LogP contribution in [0.3, 0.4) is 0 Å². The van der Waals surface area contributed by atoms with Gasteiger partial charge in [-0.05, 0) is 31.2 Å². The molecule has 102 valence electrons. The Balaban J connectivity index is 1.77. The van der Waals surface area contributed by atoms with E-state index in [-0.39, 0.29) is 11.7 Å². The zero-order valence-electron chi connectivity index (χ0n) is 11.4. The van der Waals surface area contributed by atoms with Crippen molar-refractivity contribution < 1.29 is 9.59 Å². The van der Waals surface area contributed by atoms with Crippen molar-refractivity contribution in [2.75, 3.05) is 6.54 Å². The van der Waals surface area contributed by atoms with Crippen LogP contribution in [0.1, 0.15) is 31.7 Å². The Morgan fingerprint density at radius 3 is 2.53 bits per heavy atom. The summed E-state index contributed by atoms with van der Waals surface area (Å²) in [6.07, 6.45) is 3.87. The number of rotatable bonds is 7. The number of amides is 1. The van der Waals surface area contributed by atoms with E-state index in [0.29, 0.717) is 12.5 Å². The van der Waals surface area contributed by atoms with E-state index in [0.717, 1.165) is 12.8 Å². The Labute approximate surface area is 114 Å². The van der Waals surface area contributed by atoms with Crippen LogP contribution in [-0.2, 0) is 16.0 Å². The molecule has 1 unspecified atom stereocenters. The molecule has 1 saturated carbocycles. The van der Waals surface area contributed by atoms with Gasteiger partial charge >= 0.3 is 0 Å². The lowest BCUT2D eigenvalue weighted by Crippen LogP contribution is -2.36. The minimum Gasteiger partial charge on any atom is -0.355 e. The van der Waals surface area contributed by atoms with E-state index in [1.54, 1.807) is 0 Å². The van der Waals surface area contributed by atoms with Crippen LogP contribution in [0.4, 0.5) is 0 Å². The molecule has 1 atom stereocenters. The summed E-state index contributed by atoms with van der Waals surface area (Å²) >= 11 is 0. The van der Waals surface area contributed by atoms with Crippen molar-refractivity contribution in [3.8, 4) is 0 Å². The summed E-state index contributed by atoms with van der Waals surface area (Å²) in [6, 6.07) is 10.0. The highest BCUT2D eigenvalue weighted by Gasteiger charge is 2.31. The van der Waals surface area contributed by atoms with Crippen molar-refractivity contribution in [2.45, 2.75) is 32.6 Å². The molecule has 1 fully saturated rings. The van der Waals surface area contributed by atoms with Gasteiger partial charge in [-0.25, -0.2) is 0 Å². The number of Topliss-reactive ketones (excluding diaryl/α,β-unsaturated/α-hetero) is 1. The van der Waals surface area contributed by atoms with Crippen molar-refractivity contribution in [3.05, 3.63) is 35.9 Å². The molecule has 1 aliphatic rings. The molecule has 0 aliphatic heterocycles. The molecule has 3 nitrogen and oxygen atoms in total. The average molecular weight is 259 g/mol. The first-order valence-corrected chi connectivity index (χ1v) is 6.99. The molecule has 0 spiro atoms. The van der Waals surface area contributed by atoms with E-state index in [2.05, 4.69) is 5.32 Å². The average Bonchev–Trinajstić information content (AvgIpc) is 3.20. The van der Waals surface area contributed by atoms with Gasteiger partial charge in [0.1, 0.15) is 5.78 Å². The molecule has 1 aliphatic carbocycles. The predicted octanol–water partition coefficient (Wildman–Crippen LogP) is 2.35. The smallest absolute Gasteiger partial charge is 0.230 e. The lowest BCUT2D eigenvalue weighted by molar-refractivity contribution is -0.133. The third-order valence-corrected chi connectivity index (χ3v) is 3.63. The lowest BCUT2D eigenvalue weighted by Gasteiger charge is -2.13. The molecule has 3 heteroatoms. The van der Waals surface area contributed by atoms with Crippen LogP contribution in [0.15, 0.2) is 30.3 Å². The van der Waals surface area contributed by atoms with Gasteiger partial charge in [-0.2, -0.15) is 0 Å². The van der Waals surface area contributed by atoms with Crippen molar-refractivity contribution in [3.63, 3.8) is 0 Å². The lowest BCUT2D eigenvalue weighted by atomic mass is 9.97. The van der Waals surface area contributed by atoms with Gasteiger partial charge in [-0.1, -0.05) is 43.2 Å². The standard InChI is InChI=1S/C16H21NO2/c1-12(18)15(11-14-7-8-14)16(19)17-10-9-13-5-3-2-4-6-13/h2-6,14-15H,7-11H2,1H3,(H,17,19). The number of nitrogens with one attached hydrogen (secondary N) is 1. The quantitative estimate of drug-likeness (QED) is 0.764. The molecular formula is C16H21NO2. The second kappa shape index (κ2) is 6.50. The second-order valence-corrected chi connectivity index (χ2v) is 5.37. The topological polar surface area (TPSA) is 46.2 Å². The highest BCUT2D eigenvalue weighted by atomic mass is 16.2. The van der Waals surface area contributed by atoms with Crippen molar-refractivity contribution in [2.24, 2.45) is 11.8 Å². The number of carbonyl (C=O) groups is 2. The third-order valence-electron chi connectivity index (χ3n) is 3.63. The molecule has 1 N–H and O–H groups in total. The van der Waals surface area contributed by atoms with Crippen molar-refractivity contribution >= 4 is 11.7 Å². The molecule has 0 radical (unpaired) electrons. The van der Waals surface area contributed by atoms with Crippen LogP contribution in [0, 0.1) is 11.8 Å². The fourth-order valence-corrected chi connectivity index (χ4v) is 2.24. The Morgan fingerprint density at radius 1 is 1.26 bits per heavy atom. The molecule has 0 aromatic heterocycles. The fraction of sp³-hybridized carbons (Fsp3) is 0.500. The van der Waals surface area contributed by atoms with Gasteiger partial charge in [0.15, 0.2) is 0 Å². The molecule has 0 saturated heterocycles. The van der Waals surface area contributed by atoms with E-state index in [9.17, 15) is 9.59 Å². The van der Waals surface area contributed by atoms with E-state index in [1.807, 2.05) is 30.3 Å². The summed E-state index contributed by atoms with van der Waals surface area (Å²) in [6.45, 7) is 2.11. The molecule has 1 aromatic carbocycles. The first-order chi connectivity index (χ1) is 9.16. The monoisotopic (exact) mass is 259 g/mol. The second-order valence-electron chi connectivity index (χ2n) is 5.37. The third kappa shape index (κ3) is 4.51. The zero-order chi connectivity index (χ0) is 13.7. The molecule has 0 heterocycles. The number of hydrogen-bond acceptors (Lipinski definition) is 2. The van der Waals surface area contributed by atoms with Gasteiger partial charge in [-0.15, -0.1) is 0 Å². The SMILES string of the molecule is CC(=O)C(CC1CC1)C(=O)NCCc1ccccc1. The summed E-state index contributed by atoms with van der Waals surface area (Å²) in [5.74, 6) is 0.0384. The Bertz CT molecular complexity index is 437. The van der Waals surface area contributed by atoms with Crippen molar-refractivity contribution in [1.29, 1.82) is 0 Å². The normalized spacial score (nSPS) is 15.8. The number of hydrogen-bond donors (Lipinski definition) is 1. The molecule has 1 amide bonds. The molecule has 19 heavy (non-hydrogen) atoms. The largest absolute Gasteiger partial charge is 0.355 e. The maximum absolute atomic E-state index is 12.0. The van der Waals surface area contributed by atoms with Gasteiger partial charge in [0.25, 0.3) is 0 Å². The first-order valence-electron chi connectivity index (χ1n) is 6.99. The van der Waals surface area contributed by atoms with E-state index < -0.39 is 5.92 Å². The number of carbonyl (C=O) groups excluding carboxylic acids is 2. The van der Waals surface area contributed by atoms with E-state index >= 15 is 0 Å². The maximum Gasteiger partial charge on any atom is 0.230 e. The molecule has 1 aromatic rings. The fourth-order valence-electron chi connectivity index (χ4n) is 2.24. The maximum atomic E-state index is 12.0. The summed E-state index contributed by atoms with van der Waals surface area (Å²) in [4.78, 5) is 23.5. The van der Waals surface area contributed by atoms with Crippen LogP contribution in [0.5, 0.6) is 0 Å². The molecule has 2 rings (SSSR count). The minimum atomic E-state index is -0.441. The number of benzene rings is 1. The first kappa shape index (κ1) is 13.8. The van der Waals surface area contributed by atoms with Crippen LogP contribution in [0.2, 0.25) is 0 Å². The van der Waals surface area contributed by atoms with Gasteiger partial charge in [-0.3, -0.25) is 9.59 Å². The Morgan fingerprint density at radius 2 is 1.95 bits per heavy atom. The molecule has 0 bridgehead atoms. The summed E-state index contributed by atoms with van der Waals surface area (Å²) < 4.78 is 0. The summed E-state index contributed by atoms with van der Waals surface area (Å²) in [5.41, 5.74) is 1.20. The van der Waals surface area contributed by atoms with Gasteiger partial charge in [0.05, 0.1) is 5.92 Å². The van der Waals surface area contributed by atoms with Gasteiger partial charge in [0.2, 0.25) is 5.91 Å². The summed E-state index contributed by atoms with van der Waals surface area (Å²) in [7, 11) is 0. The van der Waals surface area contributed by atoms with E-state index in [4.69, 9.17) is 0 Å². The highest BCUT2D eigenvalue weighted by Crippen LogP contribution is 2.35. The number of ketones is 1. The predicted molar refractivity (Wildman–Crippen MR) is 74.7 cm³/mol. The van der Waals surface area contributed by atoms with E-state index in [1.165, 1.54) is 25.3 Å². The summed E-state index contributed by atoms with van der Waals surface area (Å²) in [5, 5.41) is 2.89. The van der Waals surface area contributed by atoms with Crippen LogP contribution >= 0.6 is 0 Å². The molecular weight excluding hydrogens is 238 g/mol. The highest BCUT2D eigenvalue weighted by molar-refractivity contribution is 6.00.